The maximum atomic E-state index is 13.3. The van der Waals surface area contributed by atoms with Gasteiger partial charge in [0, 0.05) is 18.8 Å². The summed E-state index contributed by atoms with van der Waals surface area (Å²) in [5, 5.41) is 0.717. The third-order valence-corrected chi connectivity index (χ3v) is 5.92. The zero-order valence-electron chi connectivity index (χ0n) is 15.7. The van der Waals surface area contributed by atoms with Crippen LogP contribution in [0.3, 0.4) is 0 Å². The van der Waals surface area contributed by atoms with E-state index in [2.05, 4.69) is 29.2 Å². The van der Waals surface area contributed by atoms with Gasteiger partial charge in [0.1, 0.15) is 11.5 Å². The molecule has 2 heterocycles. The van der Waals surface area contributed by atoms with Crippen LogP contribution >= 0.6 is 11.8 Å². The molecule has 4 nitrogen and oxygen atoms in total. The van der Waals surface area contributed by atoms with Crippen LogP contribution in [0, 0.1) is 5.82 Å². The highest BCUT2D eigenvalue weighted by Crippen LogP contribution is 2.29. The fourth-order valence-electron chi connectivity index (χ4n) is 3.77. The largest absolute Gasteiger partial charge is 0.337 e. The lowest BCUT2D eigenvalue weighted by Gasteiger charge is -2.32. The molecule has 3 aromatic rings. The first-order chi connectivity index (χ1) is 13.7. The maximum absolute atomic E-state index is 13.3. The molecule has 0 saturated carbocycles. The van der Waals surface area contributed by atoms with E-state index in [4.69, 9.17) is 0 Å². The minimum atomic E-state index is -0.301. The number of halogens is 1. The van der Waals surface area contributed by atoms with Crippen LogP contribution in [0.2, 0.25) is 0 Å². The molecule has 4 rings (SSSR count). The Balaban J connectivity index is 1.54. The molecule has 1 fully saturated rings. The molecule has 0 N–H and O–H groups in total. The molecular weight excluding hydrogens is 373 g/mol. The minimum absolute atomic E-state index is 0.0244. The lowest BCUT2D eigenvalue weighted by atomic mass is 9.89. The van der Waals surface area contributed by atoms with Gasteiger partial charge in [0.15, 0.2) is 5.16 Å². The number of imidazole rings is 1. The van der Waals surface area contributed by atoms with Crippen molar-refractivity contribution >= 4 is 17.7 Å². The summed E-state index contributed by atoms with van der Waals surface area (Å²) in [4.78, 5) is 19.5. The second-order valence-corrected chi connectivity index (χ2v) is 7.69. The Bertz CT molecular complexity index is 948. The quantitative estimate of drug-likeness (QED) is 0.598. The Morgan fingerprint density at radius 3 is 2.39 bits per heavy atom. The van der Waals surface area contributed by atoms with Crippen LogP contribution < -0.4 is 0 Å². The van der Waals surface area contributed by atoms with Crippen molar-refractivity contribution in [2.75, 3.05) is 19.3 Å². The summed E-state index contributed by atoms with van der Waals surface area (Å²) >= 11 is 1.46. The number of carbonyl (C=O) groups is 1. The third kappa shape index (κ3) is 3.69. The van der Waals surface area contributed by atoms with Crippen LogP contribution in [0.1, 0.15) is 34.8 Å². The van der Waals surface area contributed by atoms with Crippen molar-refractivity contribution in [1.82, 2.24) is 14.5 Å². The Morgan fingerprint density at radius 1 is 1.07 bits per heavy atom. The second-order valence-electron chi connectivity index (χ2n) is 6.92. The number of nitrogens with zero attached hydrogens (tertiary/aromatic N) is 3. The van der Waals surface area contributed by atoms with Gasteiger partial charge in [0.25, 0.3) is 5.91 Å². The summed E-state index contributed by atoms with van der Waals surface area (Å²) < 4.78 is 15.1. The normalized spacial score (nSPS) is 15.0. The van der Waals surface area contributed by atoms with E-state index < -0.39 is 0 Å². The number of hydrogen-bond acceptors (Lipinski definition) is 3. The lowest BCUT2D eigenvalue weighted by molar-refractivity contribution is 0.0704. The van der Waals surface area contributed by atoms with Crippen molar-refractivity contribution in [3.05, 3.63) is 77.9 Å². The molecule has 144 valence electrons. The summed E-state index contributed by atoms with van der Waals surface area (Å²) in [6, 6.07) is 16.6. The molecule has 1 aliphatic heterocycles. The summed E-state index contributed by atoms with van der Waals surface area (Å²) in [5.41, 5.74) is 2.61. The Kier molecular flexibility index (Phi) is 5.48. The van der Waals surface area contributed by atoms with E-state index in [-0.39, 0.29) is 11.7 Å². The molecule has 0 atom stereocenters. The van der Waals surface area contributed by atoms with Gasteiger partial charge in [-0.25, -0.2) is 9.37 Å². The van der Waals surface area contributed by atoms with Crippen LogP contribution in [-0.4, -0.2) is 39.7 Å². The standard InChI is InChI=1S/C22H22FN3OS/c1-28-22-24-15-20(26(22)19-9-7-18(23)8-10-19)21(27)25-13-11-17(12-14-25)16-5-3-2-4-6-16/h2-10,15,17H,11-14H2,1H3. The summed E-state index contributed by atoms with van der Waals surface area (Å²) in [6.07, 6.45) is 5.45. The van der Waals surface area contributed by atoms with Crippen molar-refractivity contribution in [1.29, 1.82) is 0 Å². The first-order valence-corrected chi connectivity index (χ1v) is 10.6. The van der Waals surface area contributed by atoms with Crippen molar-refractivity contribution in [3.63, 3.8) is 0 Å². The van der Waals surface area contributed by atoms with E-state index in [0.717, 1.165) is 31.6 Å². The Labute approximate surface area is 168 Å². The van der Waals surface area contributed by atoms with E-state index in [0.29, 0.717) is 16.8 Å². The number of thioether (sulfide) groups is 1. The summed E-state index contributed by atoms with van der Waals surface area (Å²) in [6.45, 7) is 1.45. The van der Waals surface area contributed by atoms with Gasteiger partial charge in [0.2, 0.25) is 0 Å². The molecule has 2 aromatic carbocycles. The Hall–Kier alpha value is -2.60. The number of rotatable bonds is 4. The smallest absolute Gasteiger partial charge is 0.272 e. The molecule has 1 saturated heterocycles. The highest BCUT2D eigenvalue weighted by molar-refractivity contribution is 7.98. The van der Waals surface area contributed by atoms with Crippen LogP contribution in [0.5, 0.6) is 0 Å². The van der Waals surface area contributed by atoms with Gasteiger partial charge in [-0.2, -0.15) is 0 Å². The summed E-state index contributed by atoms with van der Waals surface area (Å²) in [7, 11) is 0. The fraction of sp³-hybridized carbons (Fsp3) is 0.273. The van der Waals surface area contributed by atoms with E-state index in [1.54, 1.807) is 18.3 Å². The van der Waals surface area contributed by atoms with Crippen LogP contribution in [-0.2, 0) is 0 Å². The first kappa shape index (κ1) is 18.7. The van der Waals surface area contributed by atoms with Crippen molar-refractivity contribution in [2.24, 2.45) is 0 Å². The third-order valence-electron chi connectivity index (χ3n) is 5.27. The van der Waals surface area contributed by atoms with E-state index in [1.807, 2.05) is 21.8 Å². The van der Waals surface area contributed by atoms with Gasteiger partial charge in [-0.05, 0) is 54.8 Å². The summed E-state index contributed by atoms with van der Waals surface area (Å²) in [5.74, 6) is 0.170. The van der Waals surface area contributed by atoms with Gasteiger partial charge in [0.05, 0.1) is 6.20 Å². The van der Waals surface area contributed by atoms with Gasteiger partial charge in [-0.1, -0.05) is 42.1 Å². The minimum Gasteiger partial charge on any atom is -0.337 e. The predicted octanol–water partition coefficient (Wildman–Crippen LogP) is 4.75. The van der Waals surface area contributed by atoms with Crippen molar-refractivity contribution in [3.8, 4) is 5.69 Å². The highest BCUT2D eigenvalue weighted by Gasteiger charge is 2.27. The number of aromatic nitrogens is 2. The Morgan fingerprint density at radius 2 is 1.75 bits per heavy atom. The molecule has 1 aliphatic rings. The monoisotopic (exact) mass is 395 g/mol. The van der Waals surface area contributed by atoms with Gasteiger partial charge < -0.3 is 4.90 Å². The number of carbonyl (C=O) groups excluding carboxylic acids is 1. The number of amides is 1. The van der Waals surface area contributed by atoms with Crippen molar-refractivity contribution in [2.45, 2.75) is 23.9 Å². The number of benzene rings is 2. The topological polar surface area (TPSA) is 38.1 Å². The molecule has 0 radical (unpaired) electrons. The lowest BCUT2D eigenvalue weighted by Crippen LogP contribution is -2.38. The average Bonchev–Trinajstić information content (AvgIpc) is 3.18. The van der Waals surface area contributed by atoms with E-state index in [9.17, 15) is 9.18 Å². The zero-order chi connectivity index (χ0) is 19.5. The first-order valence-electron chi connectivity index (χ1n) is 9.39. The zero-order valence-corrected chi connectivity index (χ0v) is 16.5. The maximum Gasteiger partial charge on any atom is 0.272 e. The van der Waals surface area contributed by atoms with E-state index in [1.165, 1.54) is 29.5 Å². The molecule has 28 heavy (non-hydrogen) atoms. The van der Waals surface area contributed by atoms with Crippen LogP contribution in [0.15, 0.2) is 66.0 Å². The second kappa shape index (κ2) is 8.19. The number of hydrogen-bond donors (Lipinski definition) is 0. The van der Waals surface area contributed by atoms with Crippen LogP contribution in [0.25, 0.3) is 5.69 Å². The van der Waals surface area contributed by atoms with Crippen molar-refractivity contribution < 1.29 is 9.18 Å². The molecule has 1 aromatic heterocycles. The molecule has 0 bridgehead atoms. The molecule has 0 spiro atoms. The van der Waals surface area contributed by atoms with Gasteiger partial charge in [-0.15, -0.1) is 0 Å². The highest BCUT2D eigenvalue weighted by atomic mass is 32.2. The molecular formula is C22H22FN3OS. The number of likely N-dealkylation sites (tertiary alicyclic amines) is 1. The molecule has 6 heteroatoms. The molecule has 0 aliphatic carbocycles. The fourth-order valence-corrected chi connectivity index (χ4v) is 4.32. The average molecular weight is 396 g/mol. The number of piperidine rings is 1. The predicted molar refractivity (Wildman–Crippen MR) is 110 cm³/mol. The molecule has 1 amide bonds. The molecule has 0 unspecified atom stereocenters. The van der Waals surface area contributed by atoms with Crippen LogP contribution in [0.4, 0.5) is 4.39 Å². The van der Waals surface area contributed by atoms with Gasteiger partial charge in [-0.3, -0.25) is 9.36 Å². The van der Waals surface area contributed by atoms with E-state index >= 15 is 0 Å². The SMILES string of the molecule is CSc1ncc(C(=O)N2CCC(c3ccccc3)CC2)n1-c1ccc(F)cc1. The van der Waals surface area contributed by atoms with Gasteiger partial charge >= 0.3 is 0 Å².